The molecule has 1 fully saturated rings. The van der Waals surface area contributed by atoms with Crippen molar-refractivity contribution in [3.63, 3.8) is 0 Å². The molecule has 11 rings (SSSR count). The van der Waals surface area contributed by atoms with Crippen molar-refractivity contribution in [2.45, 2.75) is 183 Å². The van der Waals surface area contributed by atoms with Crippen LogP contribution in [0, 0.1) is 23.7 Å². The number of aromatic nitrogens is 4. The molecule has 778 valence electrons. The second-order valence-corrected chi connectivity index (χ2v) is 39.0. The Bertz CT molecular complexity index is 6220. The molecule has 0 spiro atoms. The minimum Gasteiger partial charge on any atom is -0.507 e. The Kier molecular flexibility index (Phi) is 39.2. The lowest BCUT2D eigenvalue weighted by Gasteiger charge is -2.42. The van der Waals surface area contributed by atoms with E-state index in [0.29, 0.717) is 17.1 Å². The van der Waals surface area contributed by atoms with Gasteiger partial charge < -0.3 is 118 Å². The number of amides is 6. The lowest BCUT2D eigenvalue weighted by molar-refractivity contribution is -0.249. The van der Waals surface area contributed by atoms with Gasteiger partial charge in [0.2, 0.25) is 35.4 Å². The number of carbonyl (C=O) groups excluding carboxylic acids is 12. The average molecular weight is 2080 g/mol. The number of methoxy groups -OCH3 is 1. The SMILES string of the molecule is C=CC[C@H](NC(=O)[C@H](CC(=O)O)CC(=O)CC[C@H](NC(=O)c1ccc(NCc2cnc3nc(N)[nH]c(=O)c3n2)cc1)C(=O)O)C(=O)C[C@@H](CC(=O)O)C(=O)N[C@H](CC[C@@H](CNC(=O)CCSCC1c2ccccc2-c2ccccc21)C(=O)N[C@@H](CC(=O)O)C(=O)C[C@@H](CSSCCOC(=O)NC1CC(O[C@H]2C[C@](O)(C(=O)CO)Cc3c(O)c4c(c(O)c32)C(=O)c2c(OC)cccc2C4=O)OC(C)C1O)C(=O)O)CC(=O)O. The maximum Gasteiger partial charge on any atom is 0.407 e. The van der Waals surface area contributed by atoms with E-state index in [0.717, 1.165) is 49.9 Å². The summed E-state index contributed by atoms with van der Waals surface area (Å²) in [5, 5.41) is 135. The highest BCUT2D eigenvalue weighted by Crippen LogP contribution is 2.53. The van der Waals surface area contributed by atoms with E-state index in [1.54, 1.807) is 0 Å². The summed E-state index contributed by atoms with van der Waals surface area (Å²) in [6.07, 6.45) is -16.1. The summed E-state index contributed by atoms with van der Waals surface area (Å²) in [7, 11) is 3.07. The molecule has 1 aliphatic heterocycles. The fraction of sp³-hybridized carbons (Fsp3) is 0.423. The van der Waals surface area contributed by atoms with Crippen LogP contribution in [0.25, 0.3) is 22.3 Å². The molecule has 3 aliphatic carbocycles. The van der Waals surface area contributed by atoms with Gasteiger partial charge in [-0.2, -0.15) is 16.7 Å². The predicted molar refractivity (Wildman–Crippen MR) is 519 cm³/mol. The van der Waals surface area contributed by atoms with Gasteiger partial charge in [0.15, 0.2) is 40.6 Å². The van der Waals surface area contributed by atoms with Crippen molar-refractivity contribution in [2.75, 3.05) is 60.9 Å². The van der Waals surface area contributed by atoms with E-state index in [9.17, 15) is 147 Å². The number of aliphatic hydroxyl groups excluding tert-OH is 2. The Balaban J connectivity index is 0.695. The molecular weight excluding hydrogens is 1970 g/mol. The number of aliphatic hydroxyl groups is 3. The van der Waals surface area contributed by atoms with Gasteiger partial charge in [-0.05, 0) is 85.2 Å². The van der Waals surface area contributed by atoms with Gasteiger partial charge in [0.05, 0.1) is 122 Å². The number of H-pyrrole nitrogens is 1. The number of anilines is 2. The minimum absolute atomic E-state index is 0.0172. The van der Waals surface area contributed by atoms with Crippen molar-refractivity contribution in [1.29, 1.82) is 0 Å². The molecular formula is C97H108N12O34S3. The fourth-order valence-corrected chi connectivity index (χ4v) is 20.8. The zero-order valence-corrected chi connectivity index (χ0v) is 81.0. The molecule has 46 nitrogen and oxygen atoms in total. The molecule has 1 saturated heterocycles. The van der Waals surface area contributed by atoms with Crippen molar-refractivity contribution < 1.29 is 161 Å². The van der Waals surface area contributed by atoms with Gasteiger partial charge in [0.25, 0.3) is 11.5 Å². The number of thioether (sulfide) groups is 1. The van der Waals surface area contributed by atoms with Crippen molar-refractivity contribution in [2.24, 2.45) is 23.7 Å². The second kappa shape index (κ2) is 51.2. The number of aromatic hydroxyl groups is 2. The third kappa shape index (κ3) is 28.9. The average Bonchev–Trinajstić information content (AvgIpc) is 0.890. The smallest absolute Gasteiger partial charge is 0.407 e. The van der Waals surface area contributed by atoms with E-state index in [1.165, 1.54) is 74.5 Å². The number of carboxylic acid groups (broad SMARTS) is 6. The van der Waals surface area contributed by atoms with Gasteiger partial charge in [0, 0.05) is 121 Å². The van der Waals surface area contributed by atoms with Gasteiger partial charge in [-0.15, -0.1) is 6.58 Å². The van der Waals surface area contributed by atoms with Crippen molar-refractivity contribution in [1.82, 2.24) is 51.8 Å². The fourth-order valence-electron chi connectivity index (χ4n) is 17.6. The number of phenols is 2. The first-order chi connectivity index (χ1) is 69.5. The normalized spacial score (nSPS) is 18.1. The molecule has 7 aromatic rings. The number of phenolic OH excluding ortho intramolecular Hbond substituents is 2. The van der Waals surface area contributed by atoms with Gasteiger partial charge in [-0.3, -0.25) is 86.5 Å². The van der Waals surface area contributed by atoms with E-state index in [-0.39, 0.29) is 93.4 Å². The Morgan fingerprint density at radius 2 is 1.28 bits per heavy atom. The van der Waals surface area contributed by atoms with Crippen LogP contribution in [0.15, 0.2) is 115 Å². The maximum absolute atomic E-state index is 14.7. The molecule has 0 saturated carbocycles. The number of nitrogens with two attached hydrogens (primary N) is 1. The van der Waals surface area contributed by atoms with E-state index in [4.69, 9.17) is 24.7 Å². The highest BCUT2D eigenvalue weighted by molar-refractivity contribution is 8.76. The number of carboxylic acids is 6. The Morgan fingerprint density at radius 1 is 0.658 bits per heavy atom. The molecule has 146 heavy (non-hydrogen) atoms. The number of rotatable bonds is 56. The van der Waals surface area contributed by atoms with E-state index < -0.39 is 328 Å². The number of Topliss-reactive ketones (excluding diaryl/α,β-unsaturated/α-hetero) is 4. The topological polar surface area (TPSA) is 748 Å². The van der Waals surface area contributed by atoms with Crippen LogP contribution < -0.4 is 53.2 Å². The molecule has 6 amide bonds. The van der Waals surface area contributed by atoms with Crippen LogP contribution in [-0.4, -0.2) is 286 Å². The van der Waals surface area contributed by atoms with Crippen LogP contribution in [0.3, 0.4) is 0 Å². The van der Waals surface area contributed by atoms with Crippen molar-refractivity contribution >= 4 is 162 Å². The van der Waals surface area contributed by atoms with Crippen LogP contribution in [-0.2, 0) is 94.3 Å². The molecule has 14 atom stereocenters. The summed E-state index contributed by atoms with van der Waals surface area (Å²) in [5.41, 5.74) is 5.05. The lowest BCUT2D eigenvalue weighted by Crippen LogP contribution is -2.56. The van der Waals surface area contributed by atoms with Crippen LogP contribution in [0.4, 0.5) is 16.4 Å². The summed E-state index contributed by atoms with van der Waals surface area (Å²) >= 11 is 1.45. The Labute approximate surface area is 842 Å². The van der Waals surface area contributed by atoms with Gasteiger partial charge in [-0.25, -0.2) is 19.6 Å². The highest BCUT2D eigenvalue weighted by atomic mass is 33.1. The predicted octanol–water partition coefficient (Wildman–Crippen LogP) is 4.22. The maximum atomic E-state index is 14.7. The molecule has 4 unspecified atom stereocenters. The molecule has 4 aliphatic rings. The first-order valence-electron chi connectivity index (χ1n) is 46.0. The third-order valence-corrected chi connectivity index (χ3v) is 28.5. The van der Waals surface area contributed by atoms with Crippen molar-refractivity contribution in [3.05, 3.63) is 176 Å². The third-order valence-electron chi connectivity index (χ3n) is 25.0. The number of alkyl carbamates (subject to hydrolysis) is 1. The van der Waals surface area contributed by atoms with E-state index in [2.05, 4.69) is 63.7 Å². The number of nitrogen functional groups attached to an aromatic ring is 1. The molecule has 21 N–H and O–H groups in total. The van der Waals surface area contributed by atoms with Crippen LogP contribution >= 0.6 is 33.3 Å². The number of aromatic amines is 1. The minimum atomic E-state index is -2.51. The summed E-state index contributed by atoms with van der Waals surface area (Å²) in [5.74, 6) is -29.1. The quantitative estimate of drug-likeness (QED) is 0.0110. The van der Waals surface area contributed by atoms with Gasteiger partial charge in [-0.1, -0.05) is 88.3 Å². The largest absolute Gasteiger partial charge is 0.507 e. The number of carbonyl (C=O) groups is 18. The first-order valence-corrected chi connectivity index (χ1v) is 49.6. The lowest BCUT2D eigenvalue weighted by atomic mass is 9.72. The Morgan fingerprint density at radius 3 is 1.92 bits per heavy atom. The number of nitrogens with one attached hydrogen (secondary N) is 8. The van der Waals surface area contributed by atoms with Gasteiger partial charge in [0.1, 0.15) is 54.0 Å². The second-order valence-electron chi connectivity index (χ2n) is 35.2. The number of ether oxygens (including phenoxy) is 4. The van der Waals surface area contributed by atoms with Crippen LogP contribution in [0.5, 0.6) is 17.2 Å². The summed E-state index contributed by atoms with van der Waals surface area (Å²) < 4.78 is 22.9. The number of hydrogen-bond donors (Lipinski definition) is 20. The molecule has 5 aromatic carbocycles. The zero-order valence-electron chi connectivity index (χ0n) is 78.5. The highest BCUT2D eigenvalue weighted by Gasteiger charge is 2.51. The van der Waals surface area contributed by atoms with Crippen LogP contribution in [0.2, 0.25) is 0 Å². The van der Waals surface area contributed by atoms with Crippen molar-refractivity contribution in [3.8, 4) is 28.4 Å². The van der Waals surface area contributed by atoms with E-state index >= 15 is 0 Å². The number of benzene rings is 5. The zero-order chi connectivity index (χ0) is 106. The Hall–Kier alpha value is -14.6. The number of ketones is 6. The number of aliphatic carboxylic acids is 6. The van der Waals surface area contributed by atoms with Gasteiger partial charge >= 0.3 is 41.9 Å². The summed E-state index contributed by atoms with van der Waals surface area (Å²) in [6, 6.07) is 17.3. The molecule has 0 bridgehead atoms. The summed E-state index contributed by atoms with van der Waals surface area (Å²) in [6.45, 7) is 2.85. The number of fused-ring (bicyclic) bond motifs is 7. The molecule has 0 radical (unpaired) electrons. The monoisotopic (exact) mass is 2080 g/mol. The number of nitrogens with zero attached hydrogens (tertiary/aromatic N) is 3. The molecule has 3 heterocycles. The summed E-state index contributed by atoms with van der Waals surface area (Å²) in [4.78, 5) is 269. The molecule has 2 aromatic heterocycles. The van der Waals surface area contributed by atoms with E-state index in [1.807, 2.05) is 48.5 Å². The number of hydrogen-bond acceptors (Lipinski definition) is 36. The standard InChI is InChI=1S/C97H108N12O34S3/c1-4-10-62(104-91(132)48(32-72(116)117)29-54(111)23-24-63(94(136)137)105-88(129)46-17-20-51(21-18-46)99-40-53-41-101-87-81(102-53)92(133)109-95(98)108-87)66(112)30-49(33-73(118)119)90(131)103-52(34-74(120)121)22-19-47(39-100-71(115)25-27-144-44-61-57-13-7-5-11-55(57)56-12-6-8-14-58(56)61)89(130)106-64(35-75(122)123)67(113)31-50(93(134)135)43-146-145-28-26-141-96(138)107-65-36-76(142-45(2)82(65)124)143-69-38-97(139,70(114)42-110)37-60-78(69)86(128)80-79(84(60)126)83(125)59-15-9-16-68(140-3)77(59)85(80)127/h4-9,11-18,20-21,41,45,47-50,52,61-65,69,76,82,99,110,124,126,128,139H,1,10,19,22-40,42-44H2,2-3H3,(H,100,115)(H,103,131)(H,104,132)(H,105,129)(H,106,130)(H,107,138)(H,116,117)(H,118,119)(H,120,121)(H,122,123)(H,134,135)(H,136,137)(H3,98,101,108,109,133)/t45?,47-,48-,49-,50-,52+,62-,63-,64-,65?,69-,76?,82?,97-/m0/s1. The first kappa shape index (κ1) is 112. The van der Waals surface area contributed by atoms with Crippen LogP contribution in [0.1, 0.15) is 185 Å². The molecule has 49 heteroatoms.